The lowest BCUT2D eigenvalue weighted by atomic mass is 9.77. The summed E-state index contributed by atoms with van der Waals surface area (Å²) in [4.78, 5) is 0. The fourth-order valence-corrected chi connectivity index (χ4v) is 3.40. The van der Waals surface area contributed by atoms with Crippen molar-refractivity contribution in [3.05, 3.63) is 17.5 Å². The maximum Gasteiger partial charge on any atom is 0.0625 e. The standard InChI is InChI=1S/C16H29N3O/c1-4-14-9-15(19(5-2)18-14)11-17-16(12-20)8-6-7-13(3)10-16/h9,13,17,20H,4-8,10-12H2,1-3H3. The highest BCUT2D eigenvalue weighted by atomic mass is 16.3. The largest absolute Gasteiger partial charge is 0.394 e. The summed E-state index contributed by atoms with van der Waals surface area (Å²) in [7, 11) is 0. The third kappa shape index (κ3) is 3.41. The summed E-state index contributed by atoms with van der Waals surface area (Å²) < 4.78 is 2.07. The lowest BCUT2D eigenvalue weighted by Crippen LogP contribution is -2.51. The lowest BCUT2D eigenvalue weighted by molar-refractivity contribution is 0.0975. The maximum atomic E-state index is 9.83. The van der Waals surface area contributed by atoms with E-state index in [1.165, 1.54) is 18.5 Å². The van der Waals surface area contributed by atoms with Gasteiger partial charge in [-0.1, -0.05) is 26.7 Å². The Balaban J connectivity index is 2.04. The summed E-state index contributed by atoms with van der Waals surface area (Å²) in [5, 5.41) is 18.1. The third-order valence-electron chi connectivity index (χ3n) is 4.61. The number of hydrogen-bond acceptors (Lipinski definition) is 3. The van der Waals surface area contributed by atoms with Gasteiger partial charge < -0.3 is 10.4 Å². The predicted molar refractivity (Wildman–Crippen MR) is 81.6 cm³/mol. The molecule has 4 nitrogen and oxygen atoms in total. The second-order valence-electron chi connectivity index (χ2n) is 6.29. The van der Waals surface area contributed by atoms with Gasteiger partial charge in [0.05, 0.1) is 18.0 Å². The fourth-order valence-electron chi connectivity index (χ4n) is 3.40. The highest BCUT2D eigenvalue weighted by Gasteiger charge is 2.34. The molecule has 1 aromatic rings. The molecule has 0 saturated heterocycles. The molecule has 114 valence electrons. The molecule has 0 bridgehead atoms. The summed E-state index contributed by atoms with van der Waals surface area (Å²) in [6.07, 6.45) is 5.62. The van der Waals surface area contributed by atoms with E-state index >= 15 is 0 Å². The van der Waals surface area contributed by atoms with Crippen LogP contribution in [0.4, 0.5) is 0 Å². The quantitative estimate of drug-likeness (QED) is 0.841. The minimum absolute atomic E-state index is 0.0904. The summed E-state index contributed by atoms with van der Waals surface area (Å²) in [6, 6.07) is 2.19. The van der Waals surface area contributed by atoms with Gasteiger partial charge in [0.2, 0.25) is 0 Å². The lowest BCUT2D eigenvalue weighted by Gasteiger charge is -2.39. The van der Waals surface area contributed by atoms with Gasteiger partial charge in [-0.15, -0.1) is 0 Å². The number of rotatable bonds is 6. The van der Waals surface area contributed by atoms with Crippen LogP contribution in [0, 0.1) is 5.92 Å². The van der Waals surface area contributed by atoms with Crippen molar-refractivity contribution in [2.75, 3.05) is 6.61 Å². The SMILES string of the molecule is CCc1cc(CNC2(CO)CCCC(C)C2)n(CC)n1. The van der Waals surface area contributed by atoms with Crippen LogP contribution in [-0.2, 0) is 19.5 Å². The number of aliphatic hydroxyl groups is 1. The zero-order valence-electron chi connectivity index (χ0n) is 13.2. The third-order valence-corrected chi connectivity index (χ3v) is 4.61. The average molecular weight is 279 g/mol. The number of nitrogens with zero attached hydrogens (tertiary/aromatic N) is 2. The first kappa shape index (κ1) is 15.5. The van der Waals surface area contributed by atoms with Gasteiger partial charge in [-0.05, 0) is 38.2 Å². The van der Waals surface area contributed by atoms with E-state index in [4.69, 9.17) is 0 Å². The van der Waals surface area contributed by atoms with Gasteiger partial charge >= 0.3 is 0 Å². The molecular weight excluding hydrogens is 250 g/mol. The van der Waals surface area contributed by atoms with Crippen molar-refractivity contribution in [2.24, 2.45) is 5.92 Å². The Kier molecular flexibility index (Phi) is 5.22. The van der Waals surface area contributed by atoms with E-state index in [9.17, 15) is 5.11 Å². The van der Waals surface area contributed by atoms with Crippen molar-refractivity contribution in [1.82, 2.24) is 15.1 Å². The Labute approximate surface area is 122 Å². The normalized spacial score (nSPS) is 26.9. The monoisotopic (exact) mass is 279 g/mol. The molecular formula is C16H29N3O. The molecule has 0 radical (unpaired) electrons. The zero-order chi connectivity index (χ0) is 14.6. The van der Waals surface area contributed by atoms with Crippen LogP contribution in [-0.4, -0.2) is 27.0 Å². The van der Waals surface area contributed by atoms with Crippen molar-refractivity contribution < 1.29 is 5.11 Å². The first-order chi connectivity index (χ1) is 9.62. The van der Waals surface area contributed by atoms with Crippen LogP contribution in [0.25, 0.3) is 0 Å². The molecule has 1 fully saturated rings. The van der Waals surface area contributed by atoms with E-state index in [-0.39, 0.29) is 12.1 Å². The highest BCUT2D eigenvalue weighted by molar-refractivity contribution is 5.11. The van der Waals surface area contributed by atoms with Crippen molar-refractivity contribution in [3.8, 4) is 0 Å². The Morgan fingerprint density at radius 2 is 2.30 bits per heavy atom. The smallest absolute Gasteiger partial charge is 0.0625 e. The molecule has 0 spiro atoms. The van der Waals surface area contributed by atoms with E-state index in [1.54, 1.807) is 0 Å². The van der Waals surface area contributed by atoms with Gasteiger partial charge in [-0.3, -0.25) is 4.68 Å². The van der Waals surface area contributed by atoms with Gasteiger partial charge in [0.1, 0.15) is 0 Å². The number of nitrogens with one attached hydrogen (secondary N) is 1. The molecule has 2 unspecified atom stereocenters. The Hall–Kier alpha value is -0.870. The van der Waals surface area contributed by atoms with Crippen LogP contribution in [0.3, 0.4) is 0 Å². The molecule has 20 heavy (non-hydrogen) atoms. The Morgan fingerprint density at radius 3 is 2.90 bits per heavy atom. The van der Waals surface area contributed by atoms with Crippen LogP contribution < -0.4 is 5.32 Å². The second kappa shape index (κ2) is 6.72. The zero-order valence-corrected chi connectivity index (χ0v) is 13.2. The van der Waals surface area contributed by atoms with Gasteiger partial charge in [0.15, 0.2) is 0 Å². The van der Waals surface area contributed by atoms with E-state index < -0.39 is 0 Å². The molecule has 1 saturated carbocycles. The van der Waals surface area contributed by atoms with Gasteiger partial charge in [0, 0.05) is 18.6 Å². The summed E-state index contributed by atoms with van der Waals surface area (Å²) in [6.45, 7) is 8.49. The maximum absolute atomic E-state index is 9.83. The first-order valence-corrected chi connectivity index (χ1v) is 8.04. The van der Waals surface area contributed by atoms with E-state index in [0.717, 1.165) is 38.0 Å². The van der Waals surface area contributed by atoms with Crippen molar-refractivity contribution in [3.63, 3.8) is 0 Å². The van der Waals surface area contributed by atoms with Crippen LogP contribution in [0.15, 0.2) is 6.07 Å². The predicted octanol–water partition coefficient (Wildman–Crippen LogP) is 2.50. The highest BCUT2D eigenvalue weighted by Crippen LogP contribution is 2.32. The topological polar surface area (TPSA) is 50.1 Å². The van der Waals surface area contributed by atoms with Crippen LogP contribution in [0.5, 0.6) is 0 Å². The van der Waals surface area contributed by atoms with Gasteiger partial charge in [-0.2, -0.15) is 5.10 Å². The molecule has 1 aliphatic carbocycles. The van der Waals surface area contributed by atoms with Crippen LogP contribution >= 0.6 is 0 Å². The Morgan fingerprint density at radius 1 is 1.50 bits per heavy atom. The van der Waals surface area contributed by atoms with Crippen molar-refractivity contribution in [2.45, 2.75) is 71.5 Å². The molecule has 0 aromatic carbocycles. The van der Waals surface area contributed by atoms with E-state index in [1.807, 2.05) is 0 Å². The van der Waals surface area contributed by atoms with Crippen molar-refractivity contribution >= 4 is 0 Å². The van der Waals surface area contributed by atoms with Gasteiger partial charge in [-0.25, -0.2) is 0 Å². The summed E-state index contributed by atoms with van der Waals surface area (Å²) in [5.41, 5.74) is 2.29. The molecule has 1 aromatic heterocycles. The summed E-state index contributed by atoms with van der Waals surface area (Å²) in [5.74, 6) is 0.700. The number of aromatic nitrogens is 2. The molecule has 2 N–H and O–H groups in total. The minimum atomic E-state index is -0.0904. The fraction of sp³-hybridized carbons (Fsp3) is 0.812. The minimum Gasteiger partial charge on any atom is -0.394 e. The molecule has 2 rings (SSSR count). The van der Waals surface area contributed by atoms with E-state index in [2.05, 4.69) is 41.9 Å². The number of aryl methyl sites for hydroxylation is 2. The number of aliphatic hydroxyl groups excluding tert-OH is 1. The molecule has 1 aliphatic rings. The number of hydrogen-bond donors (Lipinski definition) is 2. The van der Waals surface area contributed by atoms with Crippen LogP contribution in [0.1, 0.15) is 57.8 Å². The molecule has 4 heteroatoms. The van der Waals surface area contributed by atoms with Crippen LogP contribution in [0.2, 0.25) is 0 Å². The molecule has 2 atom stereocenters. The van der Waals surface area contributed by atoms with Gasteiger partial charge in [0.25, 0.3) is 0 Å². The average Bonchev–Trinajstić information content (AvgIpc) is 2.87. The molecule has 1 heterocycles. The molecule has 0 amide bonds. The molecule has 0 aliphatic heterocycles. The second-order valence-corrected chi connectivity index (χ2v) is 6.29. The van der Waals surface area contributed by atoms with Crippen molar-refractivity contribution in [1.29, 1.82) is 0 Å². The summed E-state index contributed by atoms with van der Waals surface area (Å²) >= 11 is 0. The van der Waals surface area contributed by atoms with E-state index in [0.29, 0.717) is 5.92 Å². The Bertz CT molecular complexity index is 429. The first-order valence-electron chi connectivity index (χ1n) is 8.04.